The van der Waals surface area contributed by atoms with E-state index in [0.717, 1.165) is 50.0 Å². The molecule has 3 fully saturated rings. The fraction of sp³-hybridized carbons (Fsp3) is 0.375. The molecule has 4 heterocycles. The standard InChI is InChI=1S/C23H26N2O2.C9H11NO2/c26-23(27-21-16-24-13-10-18(21)11-14-24)25-15-12-17-6-4-5-9-20(17)22(25)19-7-2-1-3-8-19;10-8(9(11)12)6-7-4-2-1-3-5-7/h1-9,18,21-22H,10-16H2;1-5,8H,6,10H2,(H,11,12)/t21-,22+;8-/m00/s1. The number of amides is 1. The van der Waals surface area contributed by atoms with E-state index < -0.39 is 12.0 Å². The lowest BCUT2D eigenvalue weighted by Gasteiger charge is -2.45. The highest BCUT2D eigenvalue weighted by molar-refractivity contribution is 5.73. The summed E-state index contributed by atoms with van der Waals surface area (Å²) in [6.45, 7) is 3.91. The molecular weight excluding hydrogens is 490 g/mol. The van der Waals surface area contributed by atoms with Crippen LogP contribution >= 0.6 is 0 Å². The zero-order chi connectivity index (χ0) is 27.2. The molecule has 204 valence electrons. The number of carboxylic acid groups (broad SMARTS) is 1. The van der Waals surface area contributed by atoms with Gasteiger partial charge in [-0.15, -0.1) is 0 Å². The number of hydrogen-bond acceptors (Lipinski definition) is 5. The summed E-state index contributed by atoms with van der Waals surface area (Å²) in [5.41, 5.74) is 10.0. The van der Waals surface area contributed by atoms with Crippen molar-refractivity contribution in [1.82, 2.24) is 9.80 Å². The Labute approximate surface area is 230 Å². The predicted octanol–water partition coefficient (Wildman–Crippen LogP) is 4.51. The first-order valence-electron chi connectivity index (χ1n) is 13.8. The van der Waals surface area contributed by atoms with Gasteiger partial charge in [-0.05, 0) is 66.9 Å². The number of hydrogen-bond donors (Lipinski definition) is 2. The third-order valence-corrected chi connectivity index (χ3v) is 8.10. The van der Waals surface area contributed by atoms with Crippen molar-refractivity contribution in [3.63, 3.8) is 0 Å². The molecule has 4 aliphatic rings. The Balaban J connectivity index is 0.000000217. The Hall–Kier alpha value is -3.68. The molecule has 7 rings (SSSR count). The van der Waals surface area contributed by atoms with Gasteiger partial charge in [0.15, 0.2) is 0 Å². The van der Waals surface area contributed by atoms with Crippen LogP contribution in [0.4, 0.5) is 4.79 Å². The maximum absolute atomic E-state index is 13.2. The largest absolute Gasteiger partial charge is 0.480 e. The maximum atomic E-state index is 13.2. The number of aliphatic carboxylic acids is 1. The molecule has 39 heavy (non-hydrogen) atoms. The maximum Gasteiger partial charge on any atom is 0.410 e. The molecule has 3 N–H and O–H groups in total. The predicted molar refractivity (Wildman–Crippen MR) is 150 cm³/mol. The number of carbonyl (C=O) groups excluding carboxylic acids is 1. The third-order valence-electron chi connectivity index (χ3n) is 8.10. The molecule has 4 aliphatic heterocycles. The Kier molecular flexibility index (Phi) is 8.59. The number of nitrogens with zero attached hydrogens (tertiary/aromatic N) is 2. The van der Waals surface area contributed by atoms with Gasteiger partial charge in [-0.1, -0.05) is 84.9 Å². The van der Waals surface area contributed by atoms with E-state index >= 15 is 0 Å². The summed E-state index contributed by atoms with van der Waals surface area (Å²) in [5, 5.41) is 8.52. The van der Waals surface area contributed by atoms with E-state index in [1.54, 1.807) is 0 Å². The fourth-order valence-corrected chi connectivity index (χ4v) is 5.95. The van der Waals surface area contributed by atoms with Gasteiger partial charge in [0, 0.05) is 13.1 Å². The van der Waals surface area contributed by atoms with Crippen LogP contribution < -0.4 is 5.73 Å². The summed E-state index contributed by atoms with van der Waals surface area (Å²) >= 11 is 0. The molecule has 7 nitrogen and oxygen atoms in total. The quantitative estimate of drug-likeness (QED) is 0.507. The summed E-state index contributed by atoms with van der Waals surface area (Å²) in [7, 11) is 0. The van der Waals surface area contributed by atoms with Gasteiger partial charge in [-0.25, -0.2) is 4.79 Å². The molecule has 2 bridgehead atoms. The normalized spacial score (nSPS) is 24.1. The summed E-state index contributed by atoms with van der Waals surface area (Å²) in [6.07, 6.45) is 3.47. The molecule has 0 spiro atoms. The van der Waals surface area contributed by atoms with Crippen LogP contribution in [0.3, 0.4) is 0 Å². The molecule has 3 saturated heterocycles. The molecule has 3 aromatic carbocycles. The number of piperidine rings is 3. The Morgan fingerprint density at radius 3 is 2.18 bits per heavy atom. The highest BCUT2D eigenvalue weighted by atomic mass is 16.6. The second kappa shape index (κ2) is 12.5. The zero-order valence-corrected chi connectivity index (χ0v) is 22.2. The lowest BCUT2D eigenvalue weighted by molar-refractivity contribution is -0.138. The zero-order valence-electron chi connectivity index (χ0n) is 22.2. The number of carboxylic acids is 1. The van der Waals surface area contributed by atoms with Gasteiger partial charge in [0.25, 0.3) is 0 Å². The van der Waals surface area contributed by atoms with Crippen molar-refractivity contribution >= 4 is 12.1 Å². The van der Waals surface area contributed by atoms with Gasteiger partial charge >= 0.3 is 12.1 Å². The smallest absolute Gasteiger partial charge is 0.410 e. The van der Waals surface area contributed by atoms with E-state index in [1.807, 2.05) is 53.4 Å². The van der Waals surface area contributed by atoms with Gasteiger partial charge in [-0.2, -0.15) is 0 Å². The average molecular weight is 528 g/mol. The van der Waals surface area contributed by atoms with E-state index in [4.69, 9.17) is 15.6 Å². The SMILES string of the molecule is N[C@@H](Cc1ccccc1)C(=O)O.O=C(O[C@H]1CN2CCC1CC2)N1CCc2ccccc2[C@H]1c1ccccc1. The van der Waals surface area contributed by atoms with E-state index in [0.29, 0.717) is 18.9 Å². The number of fused-ring (bicyclic) bond motifs is 4. The van der Waals surface area contributed by atoms with Crippen molar-refractivity contribution in [3.05, 3.63) is 107 Å². The Morgan fingerprint density at radius 1 is 0.897 bits per heavy atom. The first-order chi connectivity index (χ1) is 19.0. The Bertz CT molecular complexity index is 1240. The van der Waals surface area contributed by atoms with Gasteiger partial charge in [0.2, 0.25) is 0 Å². The van der Waals surface area contributed by atoms with Crippen molar-refractivity contribution in [2.24, 2.45) is 11.7 Å². The summed E-state index contributed by atoms with van der Waals surface area (Å²) < 4.78 is 6.08. The summed E-state index contributed by atoms with van der Waals surface area (Å²) in [4.78, 5) is 28.0. The van der Waals surface area contributed by atoms with Gasteiger partial charge < -0.3 is 15.6 Å². The molecule has 1 amide bonds. The topological polar surface area (TPSA) is 96.1 Å². The van der Waals surface area contributed by atoms with Crippen LogP contribution in [-0.2, 0) is 22.4 Å². The van der Waals surface area contributed by atoms with Gasteiger partial charge in [0.05, 0.1) is 6.04 Å². The van der Waals surface area contributed by atoms with E-state index in [1.165, 1.54) is 11.1 Å². The molecule has 0 unspecified atom stereocenters. The monoisotopic (exact) mass is 527 g/mol. The lowest BCUT2D eigenvalue weighted by atomic mass is 9.86. The summed E-state index contributed by atoms with van der Waals surface area (Å²) in [5.74, 6) is -0.426. The number of rotatable bonds is 5. The van der Waals surface area contributed by atoms with Crippen molar-refractivity contribution in [3.8, 4) is 0 Å². The minimum absolute atomic E-state index is 0.0496. The third kappa shape index (κ3) is 6.49. The molecule has 0 aliphatic carbocycles. The molecule has 0 radical (unpaired) electrons. The van der Waals surface area contributed by atoms with Gasteiger partial charge in [0.1, 0.15) is 12.1 Å². The molecule has 3 atom stereocenters. The second-order valence-corrected chi connectivity index (χ2v) is 10.7. The van der Waals surface area contributed by atoms with Crippen LogP contribution in [0.5, 0.6) is 0 Å². The van der Waals surface area contributed by atoms with Crippen molar-refractivity contribution in [1.29, 1.82) is 0 Å². The van der Waals surface area contributed by atoms with Crippen LogP contribution in [0.2, 0.25) is 0 Å². The van der Waals surface area contributed by atoms with Crippen molar-refractivity contribution < 1.29 is 19.4 Å². The number of nitrogens with two attached hydrogens (primary N) is 1. The van der Waals surface area contributed by atoms with Crippen LogP contribution in [0.15, 0.2) is 84.9 Å². The lowest BCUT2D eigenvalue weighted by Crippen LogP contribution is -2.53. The summed E-state index contributed by atoms with van der Waals surface area (Å²) in [6, 6.07) is 27.3. The van der Waals surface area contributed by atoms with Crippen molar-refractivity contribution in [2.75, 3.05) is 26.2 Å². The van der Waals surface area contributed by atoms with E-state index in [9.17, 15) is 9.59 Å². The Morgan fingerprint density at radius 2 is 1.54 bits per heavy atom. The number of benzene rings is 3. The fourth-order valence-electron chi connectivity index (χ4n) is 5.95. The molecule has 0 aromatic heterocycles. The van der Waals surface area contributed by atoms with E-state index in [2.05, 4.69) is 41.3 Å². The van der Waals surface area contributed by atoms with Crippen LogP contribution in [0.1, 0.15) is 41.1 Å². The minimum atomic E-state index is -0.959. The second-order valence-electron chi connectivity index (χ2n) is 10.7. The number of carbonyl (C=O) groups is 2. The first kappa shape index (κ1) is 26.9. The van der Waals surface area contributed by atoms with Crippen molar-refractivity contribution in [2.45, 2.75) is 43.9 Å². The van der Waals surface area contributed by atoms with E-state index in [-0.39, 0.29) is 18.2 Å². The van der Waals surface area contributed by atoms with Gasteiger partial charge in [-0.3, -0.25) is 14.6 Å². The van der Waals surface area contributed by atoms with Crippen LogP contribution in [0, 0.1) is 5.92 Å². The highest BCUT2D eigenvalue weighted by Gasteiger charge is 2.39. The van der Waals surface area contributed by atoms with Crippen LogP contribution in [0.25, 0.3) is 0 Å². The number of ether oxygens (including phenoxy) is 1. The molecular formula is C32H37N3O4. The highest BCUT2D eigenvalue weighted by Crippen LogP contribution is 2.37. The molecule has 3 aromatic rings. The average Bonchev–Trinajstić information content (AvgIpc) is 2.98. The first-order valence-corrected chi connectivity index (χ1v) is 13.8. The van der Waals surface area contributed by atoms with Crippen LogP contribution in [-0.4, -0.2) is 65.3 Å². The minimum Gasteiger partial charge on any atom is -0.480 e. The molecule has 0 saturated carbocycles. The molecule has 7 heteroatoms.